The van der Waals surface area contributed by atoms with E-state index in [2.05, 4.69) is 5.32 Å². The highest BCUT2D eigenvalue weighted by molar-refractivity contribution is 6.01. The molecule has 2 aromatic carbocycles. The first-order valence-corrected chi connectivity index (χ1v) is 13.5. The van der Waals surface area contributed by atoms with Gasteiger partial charge in [-0.05, 0) is 97.6 Å². The molecule has 0 unspecified atom stereocenters. The molecule has 0 aliphatic heterocycles. The molecule has 37 heavy (non-hydrogen) atoms. The monoisotopic (exact) mass is 500 g/mol. The van der Waals surface area contributed by atoms with Crippen LogP contribution in [0.25, 0.3) is 10.9 Å². The van der Waals surface area contributed by atoms with Crippen LogP contribution in [-0.2, 0) is 22.7 Å². The van der Waals surface area contributed by atoms with E-state index >= 15 is 0 Å². The number of hydrogen-bond acceptors (Lipinski definition) is 4. The van der Waals surface area contributed by atoms with Crippen LogP contribution < -0.4 is 15.6 Å². The molecular formula is C31H36N2O4. The Hall–Kier alpha value is -3.12. The van der Waals surface area contributed by atoms with Crippen LogP contribution >= 0.6 is 0 Å². The lowest BCUT2D eigenvalue weighted by atomic mass is 9.49. The second kappa shape index (κ2) is 9.64. The summed E-state index contributed by atoms with van der Waals surface area (Å²) in [4.78, 5) is 26.9. The molecule has 4 aliphatic rings. The van der Waals surface area contributed by atoms with Crippen molar-refractivity contribution in [2.24, 2.45) is 23.2 Å². The normalized spacial score (nSPS) is 25.9. The maximum absolute atomic E-state index is 13.4. The molecule has 1 amide bonds. The van der Waals surface area contributed by atoms with Gasteiger partial charge in [0.1, 0.15) is 5.75 Å². The minimum atomic E-state index is -0.0813. The molecule has 3 aromatic rings. The molecule has 4 fully saturated rings. The fraction of sp³-hybridized carbons (Fsp3) is 0.484. The van der Waals surface area contributed by atoms with Crippen molar-refractivity contribution in [1.29, 1.82) is 0 Å². The van der Waals surface area contributed by atoms with E-state index in [4.69, 9.17) is 9.47 Å². The van der Waals surface area contributed by atoms with Gasteiger partial charge in [-0.2, -0.15) is 0 Å². The number of benzene rings is 2. The Kier molecular flexibility index (Phi) is 6.31. The maximum atomic E-state index is 13.4. The van der Waals surface area contributed by atoms with E-state index in [-0.39, 0.29) is 23.5 Å². The van der Waals surface area contributed by atoms with Crippen LogP contribution in [0.3, 0.4) is 0 Å². The zero-order valence-corrected chi connectivity index (χ0v) is 21.8. The van der Waals surface area contributed by atoms with E-state index in [9.17, 15) is 9.59 Å². The molecule has 4 saturated carbocycles. The summed E-state index contributed by atoms with van der Waals surface area (Å²) >= 11 is 0. The van der Waals surface area contributed by atoms with Gasteiger partial charge in [-0.3, -0.25) is 9.59 Å². The number of carbonyl (C=O) groups is 1. The number of pyridine rings is 1. The third-order valence-corrected chi connectivity index (χ3v) is 8.99. The van der Waals surface area contributed by atoms with E-state index in [0.29, 0.717) is 18.5 Å². The van der Waals surface area contributed by atoms with Gasteiger partial charge in [-0.1, -0.05) is 18.2 Å². The molecule has 1 N–H and O–H groups in total. The van der Waals surface area contributed by atoms with Gasteiger partial charge in [0.2, 0.25) is 5.91 Å². The van der Waals surface area contributed by atoms with Crippen molar-refractivity contribution in [2.75, 3.05) is 19.5 Å². The van der Waals surface area contributed by atoms with E-state index in [1.165, 1.54) is 38.5 Å². The summed E-state index contributed by atoms with van der Waals surface area (Å²) in [5, 5.41) is 4.11. The van der Waals surface area contributed by atoms with Gasteiger partial charge >= 0.3 is 0 Å². The van der Waals surface area contributed by atoms with Crippen LogP contribution in [0.15, 0.2) is 53.3 Å². The molecule has 4 aliphatic carbocycles. The van der Waals surface area contributed by atoms with Gasteiger partial charge in [0.15, 0.2) is 0 Å². The van der Waals surface area contributed by atoms with Crippen molar-refractivity contribution in [3.63, 3.8) is 0 Å². The molecule has 0 spiro atoms. The summed E-state index contributed by atoms with van der Waals surface area (Å²) < 4.78 is 12.4. The van der Waals surface area contributed by atoms with Crippen LogP contribution in [0, 0.1) is 23.2 Å². The Labute approximate surface area is 218 Å². The molecule has 0 saturated heterocycles. The van der Waals surface area contributed by atoms with Crippen LogP contribution in [0.1, 0.15) is 56.1 Å². The predicted molar refractivity (Wildman–Crippen MR) is 145 cm³/mol. The van der Waals surface area contributed by atoms with Crippen molar-refractivity contribution in [1.82, 2.24) is 4.57 Å². The van der Waals surface area contributed by atoms with Crippen LogP contribution in [-0.4, -0.2) is 24.7 Å². The molecule has 0 atom stereocenters. The number of nitrogens with zero attached hydrogens (tertiary/aromatic N) is 1. The van der Waals surface area contributed by atoms with Crippen LogP contribution in [0.2, 0.25) is 0 Å². The molecule has 4 bridgehead atoms. The average molecular weight is 501 g/mol. The van der Waals surface area contributed by atoms with Gasteiger partial charge in [-0.25, -0.2) is 0 Å². The third kappa shape index (κ3) is 4.68. The number of fused-ring (bicyclic) bond motifs is 1. The lowest BCUT2D eigenvalue weighted by molar-refractivity contribution is -0.124. The third-order valence-electron chi connectivity index (χ3n) is 8.99. The van der Waals surface area contributed by atoms with Gasteiger partial charge in [0.05, 0.1) is 31.5 Å². The summed E-state index contributed by atoms with van der Waals surface area (Å²) in [5.74, 6) is 3.33. The summed E-state index contributed by atoms with van der Waals surface area (Å²) in [6.07, 6.45) is 8.35. The van der Waals surface area contributed by atoms with Crippen LogP contribution in [0.5, 0.6) is 5.75 Å². The number of carbonyl (C=O) groups excluding carboxylic acids is 1. The number of methoxy groups -OCH3 is 2. The first-order valence-electron chi connectivity index (χ1n) is 13.5. The minimum absolute atomic E-state index is 0.0813. The first kappa shape index (κ1) is 24.2. The van der Waals surface area contributed by atoms with E-state index in [1.54, 1.807) is 18.8 Å². The van der Waals surface area contributed by atoms with Gasteiger partial charge < -0.3 is 19.4 Å². The number of hydrogen-bond donors (Lipinski definition) is 1. The number of rotatable bonds is 8. The number of anilines is 1. The van der Waals surface area contributed by atoms with E-state index < -0.39 is 0 Å². The lowest BCUT2D eigenvalue weighted by Crippen LogP contribution is -2.47. The molecule has 6 heteroatoms. The number of ether oxygens (including phenoxy) is 2. The number of amides is 1. The lowest BCUT2D eigenvalue weighted by Gasteiger charge is -2.56. The highest BCUT2D eigenvalue weighted by atomic mass is 16.5. The van der Waals surface area contributed by atoms with Gasteiger partial charge in [0, 0.05) is 24.5 Å². The Morgan fingerprint density at radius 2 is 1.68 bits per heavy atom. The van der Waals surface area contributed by atoms with E-state index in [0.717, 1.165) is 45.7 Å². The smallest absolute Gasteiger partial charge is 0.256 e. The molecule has 7 rings (SSSR count). The van der Waals surface area contributed by atoms with Crippen molar-refractivity contribution < 1.29 is 14.3 Å². The second-order valence-corrected chi connectivity index (χ2v) is 11.7. The zero-order chi connectivity index (χ0) is 25.6. The standard InChI is InChI=1S/C31H36N2O4/c1-36-19-24-13-26-27(32-29(34)17-31-14-21-10-22(15-31)12-23(11-21)16-31)4-3-5-28(26)33(30(24)35)18-20-6-8-25(37-2)9-7-20/h3-9,13,21-23H,10-12,14-19H2,1-2H3,(H,32,34). The van der Waals surface area contributed by atoms with Crippen molar-refractivity contribution in [3.8, 4) is 5.75 Å². The quantitative estimate of drug-likeness (QED) is 0.428. The molecule has 1 aromatic heterocycles. The maximum Gasteiger partial charge on any atom is 0.256 e. The molecule has 194 valence electrons. The SMILES string of the molecule is COCc1cc2c(NC(=O)CC34CC5CC(CC(C5)C3)C4)cccc2n(Cc2ccc(OC)cc2)c1=O. The van der Waals surface area contributed by atoms with Crippen molar-refractivity contribution in [3.05, 3.63) is 70.0 Å². The van der Waals surface area contributed by atoms with Gasteiger partial charge in [-0.15, -0.1) is 0 Å². The van der Waals surface area contributed by atoms with Crippen LogP contribution in [0.4, 0.5) is 5.69 Å². The van der Waals surface area contributed by atoms with E-state index in [1.807, 2.05) is 48.5 Å². The number of nitrogens with one attached hydrogen (secondary N) is 1. The fourth-order valence-electron chi connectivity index (χ4n) is 7.94. The largest absolute Gasteiger partial charge is 0.497 e. The molecule has 0 radical (unpaired) electrons. The molecule has 6 nitrogen and oxygen atoms in total. The summed E-state index contributed by atoms with van der Waals surface area (Å²) in [5.41, 5.74) is 3.23. The minimum Gasteiger partial charge on any atom is -0.497 e. The van der Waals surface area contributed by atoms with Gasteiger partial charge in [0.25, 0.3) is 5.56 Å². The molecule has 1 heterocycles. The average Bonchev–Trinajstić information content (AvgIpc) is 2.86. The first-order chi connectivity index (χ1) is 17.9. The Morgan fingerprint density at radius 3 is 2.30 bits per heavy atom. The zero-order valence-electron chi connectivity index (χ0n) is 21.8. The fourth-order valence-corrected chi connectivity index (χ4v) is 7.94. The number of aromatic nitrogens is 1. The predicted octanol–water partition coefficient (Wildman–Crippen LogP) is 5.75. The summed E-state index contributed by atoms with van der Waals surface area (Å²) in [6.45, 7) is 0.633. The summed E-state index contributed by atoms with van der Waals surface area (Å²) in [7, 11) is 3.23. The highest BCUT2D eigenvalue weighted by Gasteiger charge is 2.51. The Bertz CT molecular complexity index is 1340. The highest BCUT2D eigenvalue weighted by Crippen LogP contribution is 2.61. The van der Waals surface area contributed by atoms with Crippen molar-refractivity contribution in [2.45, 2.75) is 58.1 Å². The second-order valence-electron chi connectivity index (χ2n) is 11.7. The summed E-state index contributed by atoms with van der Waals surface area (Å²) in [6, 6.07) is 15.4. The molecular weight excluding hydrogens is 464 g/mol. The Morgan fingerprint density at radius 1 is 1.00 bits per heavy atom. The van der Waals surface area contributed by atoms with Crippen molar-refractivity contribution >= 4 is 22.5 Å². The Balaban J connectivity index is 1.31. The topological polar surface area (TPSA) is 69.6 Å².